The fourth-order valence-corrected chi connectivity index (χ4v) is 3.01. The Morgan fingerprint density at radius 1 is 1.24 bits per heavy atom. The second-order valence-electron chi connectivity index (χ2n) is 3.80. The molecule has 2 nitrogen and oxygen atoms in total. The maximum absolute atomic E-state index is 5.68. The van der Waals surface area contributed by atoms with Gasteiger partial charge in [0.1, 0.15) is 0 Å². The minimum atomic E-state index is 0.0807. The molecule has 0 fully saturated rings. The number of hydrazine groups is 1. The molecule has 0 saturated heterocycles. The number of hydrogen-bond acceptors (Lipinski definition) is 4. The fourth-order valence-electron chi connectivity index (χ4n) is 1.86. The van der Waals surface area contributed by atoms with Gasteiger partial charge in [-0.25, -0.2) is 5.43 Å². The van der Waals surface area contributed by atoms with Crippen molar-refractivity contribution in [3.63, 3.8) is 0 Å². The molecule has 0 amide bonds. The molecule has 1 aromatic carbocycles. The predicted molar refractivity (Wildman–Crippen MR) is 76.4 cm³/mol. The summed E-state index contributed by atoms with van der Waals surface area (Å²) in [6, 6.07) is 10.7. The summed E-state index contributed by atoms with van der Waals surface area (Å²) in [6.45, 7) is 2.13. The summed E-state index contributed by atoms with van der Waals surface area (Å²) in [5, 5.41) is 2.10. The monoisotopic (exact) mass is 264 g/mol. The third-order valence-corrected chi connectivity index (χ3v) is 4.43. The number of thiophene rings is 1. The molecule has 1 aromatic heterocycles. The highest BCUT2D eigenvalue weighted by Gasteiger charge is 2.15. The van der Waals surface area contributed by atoms with Crippen LogP contribution in [0.3, 0.4) is 0 Å². The molecular formula is C13H16N2S2. The van der Waals surface area contributed by atoms with Crippen molar-refractivity contribution in [1.29, 1.82) is 0 Å². The first-order valence-corrected chi connectivity index (χ1v) is 7.50. The zero-order valence-corrected chi connectivity index (χ0v) is 11.6. The predicted octanol–water partition coefficient (Wildman–Crippen LogP) is 3.33. The van der Waals surface area contributed by atoms with E-state index in [0.29, 0.717) is 0 Å². The molecular weight excluding hydrogens is 248 g/mol. The van der Waals surface area contributed by atoms with Gasteiger partial charge in [0, 0.05) is 9.77 Å². The molecule has 4 heteroatoms. The molecule has 0 aliphatic rings. The normalized spacial score (nSPS) is 12.6. The van der Waals surface area contributed by atoms with Crippen LogP contribution in [0.1, 0.15) is 22.0 Å². The van der Waals surface area contributed by atoms with Crippen molar-refractivity contribution in [1.82, 2.24) is 5.43 Å². The van der Waals surface area contributed by atoms with Gasteiger partial charge in [0.15, 0.2) is 0 Å². The van der Waals surface area contributed by atoms with Crippen molar-refractivity contribution in [2.75, 3.05) is 6.26 Å². The minimum absolute atomic E-state index is 0.0807. The van der Waals surface area contributed by atoms with Crippen LogP contribution in [0.4, 0.5) is 0 Å². The Morgan fingerprint density at radius 2 is 1.94 bits per heavy atom. The highest BCUT2D eigenvalue weighted by molar-refractivity contribution is 7.98. The molecule has 2 aromatic rings. The highest BCUT2D eigenvalue weighted by Crippen LogP contribution is 2.28. The zero-order chi connectivity index (χ0) is 12.3. The van der Waals surface area contributed by atoms with Crippen LogP contribution < -0.4 is 11.3 Å². The summed E-state index contributed by atoms with van der Waals surface area (Å²) in [5.41, 5.74) is 5.36. The molecule has 0 aliphatic heterocycles. The Hall–Kier alpha value is -0.810. The number of rotatable bonds is 4. The van der Waals surface area contributed by atoms with Gasteiger partial charge in [0.25, 0.3) is 0 Å². The summed E-state index contributed by atoms with van der Waals surface area (Å²) in [4.78, 5) is 2.58. The van der Waals surface area contributed by atoms with Gasteiger partial charge in [-0.1, -0.05) is 12.1 Å². The van der Waals surface area contributed by atoms with Crippen LogP contribution in [0.25, 0.3) is 0 Å². The summed E-state index contributed by atoms with van der Waals surface area (Å²) in [7, 11) is 0. The van der Waals surface area contributed by atoms with Gasteiger partial charge in [-0.05, 0) is 47.9 Å². The maximum Gasteiger partial charge on any atom is 0.0720 e. The topological polar surface area (TPSA) is 38.0 Å². The van der Waals surface area contributed by atoms with Crippen LogP contribution in [0.5, 0.6) is 0 Å². The molecule has 17 heavy (non-hydrogen) atoms. The number of hydrogen-bond donors (Lipinski definition) is 2. The first-order valence-electron chi connectivity index (χ1n) is 5.40. The van der Waals surface area contributed by atoms with Crippen molar-refractivity contribution in [2.24, 2.45) is 5.84 Å². The molecule has 3 N–H and O–H groups in total. The van der Waals surface area contributed by atoms with Crippen LogP contribution in [0.2, 0.25) is 0 Å². The van der Waals surface area contributed by atoms with Crippen LogP contribution in [0.15, 0.2) is 40.6 Å². The molecule has 0 aliphatic carbocycles. The van der Waals surface area contributed by atoms with Crippen molar-refractivity contribution in [3.05, 3.63) is 51.7 Å². The molecule has 0 radical (unpaired) electrons. The van der Waals surface area contributed by atoms with E-state index in [1.54, 1.807) is 23.1 Å². The minimum Gasteiger partial charge on any atom is -0.271 e. The number of nitrogens with two attached hydrogens (primary N) is 1. The molecule has 1 heterocycles. The summed E-state index contributed by atoms with van der Waals surface area (Å²) in [6.07, 6.45) is 2.08. The highest BCUT2D eigenvalue weighted by atomic mass is 32.2. The largest absolute Gasteiger partial charge is 0.271 e. The number of aryl methyl sites for hydroxylation is 1. The number of benzene rings is 1. The van der Waals surface area contributed by atoms with E-state index >= 15 is 0 Å². The lowest BCUT2D eigenvalue weighted by atomic mass is 10.0. The van der Waals surface area contributed by atoms with E-state index in [-0.39, 0.29) is 6.04 Å². The smallest absolute Gasteiger partial charge is 0.0720 e. The Kier molecular flexibility index (Phi) is 4.23. The van der Waals surface area contributed by atoms with E-state index in [1.807, 2.05) is 0 Å². The van der Waals surface area contributed by atoms with Crippen molar-refractivity contribution < 1.29 is 0 Å². The first kappa shape index (κ1) is 12.6. The third-order valence-electron chi connectivity index (χ3n) is 2.83. The molecule has 0 spiro atoms. The van der Waals surface area contributed by atoms with E-state index < -0.39 is 0 Å². The third kappa shape index (κ3) is 2.72. The van der Waals surface area contributed by atoms with Crippen molar-refractivity contribution >= 4 is 23.1 Å². The van der Waals surface area contributed by atoms with E-state index in [4.69, 9.17) is 5.84 Å². The van der Waals surface area contributed by atoms with Crippen molar-refractivity contribution in [2.45, 2.75) is 17.9 Å². The van der Waals surface area contributed by atoms with Gasteiger partial charge in [-0.3, -0.25) is 5.84 Å². The van der Waals surface area contributed by atoms with Gasteiger partial charge >= 0.3 is 0 Å². The number of nitrogens with one attached hydrogen (secondary N) is 1. The fraction of sp³-hybridized carbons (Fsp3) is 0.231. The average molecular weight is 264 g/mol. The van der Waals surface area contributed by atoms with Crippen LogP contribution in [-0.4, -0.2) is 6.26 Å². The Balaban J connectivity index is 2.32. The lowest BCUT2D eigenvalue weighted by molar-refractivity contribution is 0.636. The molecule has 1 atom stereocenters. The van der Waals surface area contributed by atoms with Gasteiger partial charge in [-0.2, -0.15) is 0 Å². The van der Waals surface area contributed by atoms with Gasteiger partial charge in [0.05, 0.1) is 6.04 Å². The van der Waals surface area contributed by atoms with Crippen LogP contribution >= 0.6 is 23.1 Å². The quantitative estimate of drug-likeness (QED) is 0.505. The van der Waals surface area contributed by atoms with E-state index in [1.165, 1.54) is 20.9 Å². The standard InChI is InChI=1S/C13H16N2S2/c1-9-12(7-8-17-9)13(15-14)10-3-5-11(16-2)6-4-10/h3-8,13,15H,14H2,1-2H3. The Morgan fingerprint density at radius 3 is 2.41 bits per heavy atom. The molecule has 2 rings (SSSR count). The zero-order valence-electron chi connectivity index (χ0n) is 9.94. The summed E-state index contributed by atoms with van der Waals surface area (Å²) in [5.74, 6) is 5.68. The molecule has 0 bridgehead atoms. The molecule has 0 saturated carbocycles. The first-order chi connectivity index (χ1) is 8.26. The van der Waals surface area contributed by atoms with Gasteiger partial charge in [0.2, 0.25) is 0 Å². The van der Waals surface area contributed by atoms with Crippen LogP contribution in [0, 0.1) is 6.92 Å². The molecule has 90 valence electrons. The second-order valence-corrected chi connectivity index (χ2v) is 5.80. The number of thioether (sulfide) groups is 1. The van der Waals surface area contributed by atoms with Crippen molar-refractivity contribution in [3.8, 4) is 0 Å². The van der Waals surface area contributed by atoms with E-state index in [9.17, 15) is 0 Å². The van der Waals surface area contributed by atoms with E-state index in [2.05, 4.69) is 54.3 Å². The average Bonchev–Trinajstić information content (AvgIpc) is 2.78. The summed E-state index contributed by atoms with van der Waals surface area (Å²) >= 11 is 3.50. The van der Waals surface area contributed by atoms with Gasteiger partial charge in [-0.15, -0.1) is 23.1 Å². The second kappa shape index (κ2) is 5.69. The Bertz CT molecular complexity index is 476. The summed E-state index contributed by atoms with van der Waals surface area (Å²) < 4.78 is 0. The Labute approximate surface area is 110 Å². The lowest BCUT2D eigenvalue weighted by Gasteiger charge is -2.16. The lowest BCUT2D eigenvalue weighted by Crippen LogP contribution is -2.28. The molecule has 1 unspecified atom stereocenters. The van der Waals surface area contributed by atoms with E-state index in [0.717, 1.165) is 0 Å². The maximum atomic E-state index is 5.68. The van der Waals surface area contributed by atoms with Gasteiger partial charge < -0.3 is 0 Å². The SMILES string of the molecule is CSc1ccc(C(NN)c2ccsc2C)cc1. The van der Waals surface area contributed by atoms with Crippen LogP contribution in [-0.2, 0) is 0 Å².